The lowest BCUT2D eigenvalue weighted by atomic mass is 10.3. The topological polar surface area (TPSA) is 45.0 Å². The Balaban J connectivity index is 2.00. The van der Waals surface area contributed by atoms with E-state index in [4.69, 9.17) is 5.11 Å². The molecule has 0 fully saturated rings. The van der Waals surface area contributed by atoms with E-state index in [1.165, 1.54) is 0 Å². The molecule has 2 aromatic carbocycles. The molecule has 0 aliphatic carbocycles. The van der Waals surface area contributed by atoms with Crippen LogP contribution in [0.25, 0.3) is 0 Å². The van der Waals surface area contributed by atoms with Gasteiger partial charge in [0.2, 0.25) is 0 Å². The Labute approximate surface area is 111 Å². The summed E-state index contributed by atoms with van der Waals surface area (Å²) in [5.74, 6) is 0.713. The molecule has 0 unspecified atom stereocenters. The number of aliphatic hydroxyl groups is 1. The SMILES string of the molecule is OCCSc1ccc(N=Nc2ccccc2)cc1. The molecule has 0 spiro atoms. The summed E-state index contributed by atoms with van der Waals surface area (Å²) in [6, 6.07) is 17.5. The van der Waals surface area contributed by atoms with Gasteiger partial charge < -0.3 is 5.11 Å². The first kappa shape index (κ1) is 12.8. The van der Waals surface area contributed by atoms with Crippen molar-refractivity contribution in [3.63, 3.8) is 0 Å². The van der Waals surface area contributed by atoms with Gasteiger partial charge in [0.05, 0.1) is 18.0 Å². The summed E-state index contributed by atoms with van der Waals surface area (Å²) in [6.07, 6.45) is 0. The van der Waals surface area contributed by atoms with E-state index in [0.717, 1.165) is 16.3 Å². The molecule has 0 saturated carbocycles. The predicted molar refractivity (Wildman–Crippen MR) is 74.9 cm³/mol. The van der Waals surface area contributed by atoms with Crippen molar-refractivity contribution in [3.05, 3.63) is 54.6 Å². The summed E-state index contributed by atoms with van der Waals surface area (Å²) in [4.78, 5) is 1.13. The van der Waals surface area contributed by atoms with Crippen LogP contribution in [0.5, 0.6) is 0 Å². The number of hydrogen-bond donors (Lipinski definition) is 1. The van der Waals surface area contributed by atoms with Crippen LogP contribution >= 0.6 is 11.8 Å². The molecule has 0 aliphatic heterocycles. The molecule has 0 radical (unpaired) electrons. The Morgan fingerprint density at radius 1 is 0.833 bits per heavy atom. The lowest BCUT2D eigenvalue weighted by Gasteiger charge is -1.99. The smallest absolute Gasteiger partial charge is 0.0857 e. The number of aliphatic hydroxyl groups excluding tert-OH is 1. The summed E-state index contributed by atoms with van der Waals surface area (Å²) in [5.41, 5.74) is 1.67. The van der Waals surface area contributed by atoms with E-state index in [1.54, 1.807) is 11.8 Å². The lowest BCUT2D eigenvalue weighted by Crippen LogP contribution is -1.84. The van der Waals surface area contributed by atoms with Gasteiger partial charge in [-0.15, -0.1) is 11.8 Å². The summed E-state index contributed by atoms with van der Waals surface area (Å²) < 4.78 is 0. The largest absolute Gasteiger partial charge is 0.396 e. The maximum Gasteiger partial charge on any atom is 0.0857 e. The fourth-order valence-electron chi connectivity index (χ4n) is 1.38. The molecular weight excluding hydrogens is 244 g/mol. The van der Waals surface area contributed by atoms with E-state index in [9.17, 15) is 0 Å². The fourth-order valence-corrected chi connectivity index (χ4v) is 2.04. The minimum Gasteiger partial charge on any atom is -0.396 e. The molecule has 18 heavy (non-hydrogen) atoms. The van der Waals surface area contributed by atoms with Crippen LogP contribution < -0.4 is 0 Å². The third-order valence-electron chi connectivity index (χ3n) is 2.23. The van der Waals surface area contributed by atoms with Crippen LogP contribution in [-0.4, -0.2) is 17.5 Å². The Morgan fingerprint density at radius 2 is 1.44 bits per heavy atom. The van der Waals surface area contributed by atoms with Gasteiger partial charge in [-0.3, -0.25) is 0 Å². The third-order valence-corrected chi connectivity index (χ3v) is 3.23. The van der Waals surface area contributed by atoms with Crippen molar-refractivity contribution in [2.45, 2.75) is 4.90 Å². The first-order valence-electron chi connectivity index (χ1n) is 5.69. The number of thioether (sulfide) groups is 1. The number of hydrogen-bond acceptors (Lipinski definition) is 4. The van der Waals surface area contributed by atoms with Crippen LogP contribution in [-0.2, 0) is 0 Å². The quantitative estimate of drug-likeness (QED) is 0.645. The maximum atomic E-state index is 8.74. The highest BCUT2D eigenvalue weighted by atomic mass is 32.2. The molecule has 4 heteroatoms. The Kier molecular flexibility index (Phi) is 4.93. The third kappa shape index (κ3) is 3.98. The van der Waals surface area contributed by atoms with Crippen molar-refractivity contribution >= 4 is 23.1 Å². The first-order chi connectivity index (χ1) is 8.88. The van der Waals surface area contributed by atoms with E-state index in [-0.39, 0.29) is 6.61 Å². The second-order valence-corrected chi connectivity index (χ2v) is 4.77. The number of rotatable bonds is 5. The van der Waals surface area contributed by atoms with Crippen molar-refractivity contribution in [1.82, 2.24) is 0 Å². The van der Waals surface area contributed by atoms with E-state index in [1.807, 2.05) is 54.6 Å². The second kappa shape index (κ2) is 6.93. The highest BCUT2D eigenvalue weighted by Crippen LogP contribution is 2.22. The Hall–Kier alpha value is -1.65. The first-order valence-corrected chi connectivity index (χ1v) is 6.67. The highest BCUT2D eigenvalue weighted by molar-refractivity contribution is 7.99. The summed E-state index contributed by atoms with van der Waals surface area (Å²) in [7, 11) is 0. The van der Waals surface area contributed by atoms with Crippen molar-refractivity contribution < 1.29 is 5.11 Å². The summed E-state index contributed by atoms with van der Waals surface area (Å²) in [6.45, 7) is 0.195. The molecule has 0 heterocycles. The van der Waals surface area contributed by atoms with Crippen molar-refractivity contribution in [2.24, 2.45) is 10.2 Å². The zero-order valence-electron chi connectivity index (χ0n) is 9.86. The van der Waals surface area contributed by atoms with Gasteiger partial charge in [0.25, 0.3) is 0 Å². The van der Waals surface area contributed by atoms with Crippen LogP contribution in [0.1, 0.15) is 0 Å². The van der Waals surface area contributed by atoms with Gasteiger partial charge in [0.1, 0.15) is 0 Å². The summed E-state index contributed by atoms with van der Waals surface area (Å²) in [5, 5.41) is 17.0. The zero-order chi connectivity index (χ0) is 12.6. The molecule has 1 N–H and O–H groups in total. The normalized spacial score (nSPS) is 10.9. The van der Waals surface area contributed by atoms with Gasteiger partial charge in [0, 0.05) is 10.6 Å². The van der Waals surface area contributed by atoms with Gasteiger partial charge in [-0.25, -0.2) is 0 Å². The van der Waals surface area contributed by atoms with Gasteiger partial charge in [-0.2, -0.15) is 10.2 Å². The lowest BCUT2D eigenvalue weighted by molar-refractivity contribution is 0.322. The predicted octanol–water partition coefficient (Wildman–Crippen LogP) is 4.19. The highest BCUT2D eigenvalue weighted by Gasteiger charge is 1.94. The number of benzene rings is 2. The molecule has 0 aromatic heterocycles. The van der Waals surface area contributed by atoms with Gasteiger partial charge in [-0.1, -0.05) is 18.2 Å². The van der Waals surface area contributed by atoms with E-state index >= 15 is 0 Å². The molecule has 0 amide bonds. The van der Waals surface area contributed by atoms with E-state index in [0.29, 0.717) is 5.75 Å². The monoisotopic (exact) mass is 258 g/mol. The molecule has 0 saturated heterocycles. The van der Waals surface area contributed by atoms with Crippen molar-refractivity contribution in [2.75, 3.05) is 12.4 Å². The fraction of sp³-hybridized carbons (Fsp3) is 0.143. The minimum atomic E-state index is 0.195. The van der Waals surface area contributed by atoms with Gasteiger partial charge in [-0.05, 0) is 36.4 Å². The van der Waals surface area contributed by atoms with Crippen LogP contribution in [0, 0.1) is 0 Å². The van der Waals surface area contributed by atoms with Crippen molar-refractivity contribution in [3.8, 4) is 0 Å². The van der Waals surface area contributed by atoms with E-state index in [2.05, 4.69) is 10.2 Å². The molecule has 0 aliphatic rings. The minimum absolute atomic E-state index is 0.195. The average Bonchev–Trinajstić information content (AvgIpc) is 2.45. The number of nitrogens with zero attached hydrogens (tertiary/aromatic N) is 2. The van der Waals surface area contributed by atoms with Crippen molar-refractivity contribution in [1.29, 1.82) is 0 Å². The maximum absolute atomic E-state index is 8.74. The number of azo groups is 1. The van der Waals surface area contributed by atoms with Gasteiger partial charge >= 0.3 is 0 Å². The van der Waals surface area contributed by atoms with Crippen LogP contribution in [0.2, 0.25) is 0 Å². The van der Waals surface area contributed by atoms with Crippen LogP contribution in [0.3, 0.4) is 0 Å². The molecule has 3 nitrogen and oxygen atoms in total. The molecule has 92 valence electrons. The Bertz CT molecular complexity index is 497. The van der Waals surface area contributed by atoms with Crippen LogP contribution in [0.15, 0.2) is 69.7 Å². The van der Waals surface area contributed by atoms with E-state index < -0.39 is 0 Å². The summed E-state index contributed by atoms with van der Waals surface area (Å²) >= 11 is 1.62. The molecule has 0 bridgehead atoms. The standard InChI is InChI=1S/C14H14N2OS/c17-10-11-18-14-8-6-13(7-9-14)16-15-12-4-2-1-3-5-12/h1-9,17H,10-11H2. The zero-order valence-corrected chi connectivity index (χ0v) is 10.7. The Morgan fingerprint density at radius 3 is 2.06 bits per heavy atom. The average molecular weight is 258 g/mol. The molecule has 0 atom stereocenters. The second-order valence-electron chi connectivity index (χ2n) is 3.60. The van der Waals surface area contributed by atoms with Crippen LogP contribution in [0.4, 0.5) is 11.4 Å². The molecule has 2 aromatic rings. The van der Waals surface area contributed by atoms with Gasteiger partial charge in [0.15, 0.2) is 0 Å². The molecule has 2 rings (SSSR count). The molecular formula is C14H14N2OS.